The van der Waals surface area contributed by atoms with E-state index < -0.39 is 46.1 Å². The van der Waals surface area contributed by atoms with Gasteiger partial charge in [-0.1, -0.05) is 0 Å². The molecule has 0 aliphatic heterocycles. The Morgan fingerprint density at radius 1 is 0.615 bits per heavy atom. The van der Waals surface area contributed by atoms with E-state index in [9.17, 15) is 39.6 Å². The minimum atomic E-state index is -2.00. The van der Waals surface area contributed by atoms with Crippen molar-refractivity contribution in [1.82, 2.24) is 0 Å². The first-order chi connectivity index (χ1) is 10.2. The van der Waals surface area contributed by atoms with E-state index in [4.69, 9.17) is 0 Å². The van der Waals surface area contributed by atoms with Crippen molar-refractivity contribution < 1.29 is 62.0 Å². The second-order valence-corrected chi connectivity index (χ2v) is 3.80. The molecular formula is C12H16N2O10Tl2. The van der Waals surface area contributed by atoms with E-state index in [2.05, 4.69) is 11.5 Å². The maximum atomic E-state index is 10.6. The van der Waals surface area contributed by atoms with Crippen LogP contribution in [-0.2, 0) is 0 Å². The monoisotopic (exact) mass is 758 g/mol. The average molecular weight is 757 g/mol. The first-order valence-corrected chi connectivity index (χ1v) is 5.79. The molecular weight excluding hydrogens is 741 g/mol. The molecule has 0 unspecified atom stereocenters. The van der Waals surface area contributed by atoms with Crippen molar-refractivity contribution in [2.45, 2.75) is 0 Å². The SMILES string of the molecule is O.O.O=C([O-])c1cc(C(=O)[O-])c(C(=O)[O-])cc1C(=O)[O-].[NH3+]CC[NH3+].[Tl+].[Tl+]. The van der Waals surface area contributed by atoms with Crippen LogP contribution in [0.4, 0.5) is 0 Å². The summed E-state index contributed by atoms with van der Waals surface area (Å²) in [5.74, 6) is -7.99. The first kappa shape index (κ1) is 35.8. The van der Waals surface area contributed by atoms with Gasteiger partial charge in [0.1, 0.15) is 13.1 Å². The molecule has 1 aromatic rings. The fraction of sp³-hybridized carbons (Fsp3) is 0.167. The number of benzene rings is 1. The van der Waals surface area contributed by atoms with Crippen molar-refractivity contribution >= 4 is 78.5 Å². The Labute approximate surface area is 187 Å². The van der Waals surface area contributed by atoms with Crippen LogP contribution in [0.15, 0.2) is 12.1 Å². The van der Waals surface area contributed by atoms with E-state index in [-0.39, 0.29) is 65.5 Å². The summed E-state index contributed by atoms with van der Waals surface area (Å²) in [5, 5.41) is 42.4. The molecule has 1 rings (SSSR count). The van der Waals surface area contributed by atoms with Gasteiger partial charge in [-0.15, -0.1) is 0 Å². The number of carbonyl (C=O) groups is 4. The Kier molecular flexibility index (Phi) is 23.7. The number of aromatic carboxylic acids is 4. The summed E-state index contributed by atoms with van der Waals surface area (Å²) in [6, 6.07) is 0.613. The van der Waals surface area contributed by atoms with Crippen molar-refractivity contribution in [3.05, 3.63) is 34.4 Å². The largest absolute Gasteiger partial charge is 1.00 e. The van der Waals surface area contributed by atoms with Crippen LogP contribution in [0.2, 0.25) is 0 Å². The smallest absolute Gasteiger partial charge is 0.545 e. The second-order valence-electron chi connectivity index (χ2n) is 3.80. The number of rotatable bonds is 5. The van der Waals surface area contributed by atoms with Gasteiger partial charge in [-0.2, -0.15) is 0 Å². The maximum Gasteiger partial charge on any atom is 1.00 e. The Morgan fingerprint density at radius 3 is 0.846 bits per heavy atom. The van der Waals surface area contributed by atoms with Crippen LogP contribution in [0.1, 0.15) is 41.4 Å². The topological polar surface area (TPSA) is 279 Å². The Balaban J connectivity index is -0.000000167. The second kappa shape index (κ2) is 17.2. The normalized spacial score (nSPS) is 7.92. The summed E-state index contributed by atoms with van der Waals surface area (Å²) >= 11 is 0. The molecule has 1 aromatic carbocycles. The van der Waals surface area contributed by atoms with E-state index in [1.807, 2.05) is 0 Å². The van der Waals surface area contributed by atoms with Crippen molar-refractivity contribution in [3.63, 3.8) is 0 Å². The molecule has 0 saturated heterocycles. The molecule has 0 amide bonds. The third kappa shape index (κ3) is 10.7. The molecule has 0 heterocycles. The molecule has 0 aromatic heterocycles. The zero-order chi connectivity index (χ0) is 17.4. The quantitative estimate of drug-likeness (QED) is 0.272. The van der Waals surface area contributed by atoms with E-state index in [0.29, 0.717) is 12.1 Å². The number of quaternary nitrogens is 2. The van der Waals surface area contributed by atoms with Crippen LogP contribution >= 0.6 is 0 Å². The molecule has 0 spiro atoms. The first-order valence-electron chi connectivity index (χ1n) is 5.79. The number of carbonyl (C=O) groups excluding carboxylic acids is 4. The van der Waals surface area contributed by atoms with Gasteiger partial charge < -0.3 is 62.0 Å². The van der Waals surface area contributed by atoms with Crippen LogP contribution < -0.4 is 31.9 Å². The zero-order valence-corrected chi connectivity index (χ0v) is 22.4. The molecule has 0 radical (unpaired) electrons. The van der Waals surface area contributed by atoms with E-state index in [1.54, 1.807) is 0 Å². The van der Waals surface area contributed by atoms with Crippen LogP contribution in [0.5, 0.6) is 0 Å². The van der Waals surface area contributed by atoms with Gasteiger partial charge in [-0.3, -0.25) is 0 Å². The summed E-state index contributed by atoms with van der Waals surface area (Å²) in [6.45, 7) is 1.92. The summed E-state index contributed by atoms with van der Waals surface area (Å²) in [5.41, 5.74) is 2.97. The van der Waals surface area contributed by atoms with Gasteiger partial charge in [0.15, 0.2) is 0 Å². The van der Waals surface area contributed by atoms with Crippen LogP contribution in [-0.4, -0.2) is 103 Å². The van der Waals surface area contributed by atoms with Crippen molar-refractivity contribution in [1.29, 1.82) is 0 Å². The molecule has 0 saturated carbocycles. The Morgan fingerprint density at radius 2 is 0.769 bits per heavy atom. The molecule has 0 aliphatic rings. The number of carboxylic acids is 4. The van der Waals surface area contributed by atoms with Gasteiger partial charge in [0.05, 0.1) is 23.9 Å². The molecule has 26 heavy (non-hydrogen) atoms. The van der Waals surface area contributed by atoms with Gasteiger partial charge in [0.25, 0.3) is 0 Å². The third-order valence-electron chi connectivity index (χ3n) is 2.29. The van der Waals surface area contributed by atoms with Gasteiger partial charge in [0.2, 0.25) is 0 Å². The molecule has 12 nitrogen and oxygen atoms in total. The molecule has 0 fully saturated rings. The number of carboxylic acid groups (broad SMARTS) is 4. The van der Waals surface area contributed by atoms with E-state index >= 15 is 0 Å². The van der Waals surface area contributed by atoms with Crippen molar-refractivity contribution in [2.75, 3.05) is 13.1 Å². The molecule has 14 heteroatoms. The average Bonchev–Trinajstić information content (AvgIpc) is 2.45. The molecule has 0 aliphatic carbocycles. The van der Waals surface area contributed by atoms with Gasteiger partial charge >= 0.3 is 54.6 Å². The Hall–Kier alpha value is -1.22. The minimum absolute atomic E-state index is 0. The van der Waals surface area contributed by atoms with Gasteiger partial charge in [-0.05, 0) is 12.1 Å². The fourth-order valence-corrected chi connectivity index (χ4v) is 1.28. The predicted molar refractivity (Wildman–Crippen MR) is 78.0 cm³/mol. The summed E-state index contributed by atoms with van der Waals surface area (Å²) in [6.07, 6.45) is 0. The summed E-state index contributed by atoms with van der Waals surface area (Å²) in [4.78, 5) is 42.4. The van der Waals surface area contributed by atoms with Crippen LogP contribution in [0, 0.1) is 0 Å². The van der Waals surface area contributed by atoms with E-state index in [0.717, 1.165) is 13.1 Å². The predicted octanol–water partition coefficient (Wildman–Crippen LogP) is -9.80. The van der Waals surface area contributed by atoms with Crippen molar-refractivity contribution in [3.8, 4) is 0 Å². The maximum absolute atomic E-state index is 10.6. The molecule has 10 N–H and O–H groups in total. The summed E-state index contributed by atoms with van der Waals surface area (Å²) in [7, 11) is 0. The van der Waals surface area contributed by atoms with Crippen LogP contribution in [0.3, 0.4) is 0 Å². The Bertz CT molecular complexity index is 524. The van der Waals surface area contributed by atoms with E-state index in [1.165, 1.54) is 0 Å². The number of hydrogen-bond donors (Lipinski definition) is 2. The standard InChI is InChI=1S/C10H6O8.C2H8N2.2H2O.2Tl/c11-7(12)3-1-4(8(13)14)6(10(17)18)2-5(3)9(15)16;3-1-2-4;;;;/h1-2H,(H,11,12)(H,13,14)(H,15,16)(H,17,18);1-4H2;2*1H2;;/q;;;;2*+1/p-2. The minimum Gasteiger partial charge on any atom is -0.545 e. The number of hydrogen-bond acceptors (Lipinski definition) is 8. The fourth-order valence-electron chi connectivity index (χ4n) is 1.28. The van der Waals surface area contributed by atoms with Crippen LogP contribution in [0.25, 0.3) is 0 Å². The zero-order valence-electron chi connectivity index (χ0n) is 13.4. The third-order valence-corrected chi connectivity index (χ3v) is 2.29. The molecule has 140 valence electrons. The van der Waals surface area contributed by atoms with Crippen molar-refractivity contribution in [2.24, 2.45) is 0 Å². The molecule has 0 atom stereocenters. The molecule has 0 bridgehead atoms. The summed E-state index contributed by atoms with van der Waals surface area (Å²) < 4.78 is 0. The van der Waals surface area contributed by atoms with Gasteiger partial charge in [0, 0.05) is 22.3 Å². The van der Waals surface area contributed by atoms with Gasteiger partial charge in [-0.25, -0.2) is 0 Å².